The molecule has 319 valence electrons. The van der Waals surface area contributed by atoms with Gasteiger partial charge < -0.3 is 9.80 Å². The highest BCUT2D eigenvalue weighted by molar-refractivity contribution is 7.29. The van der Waals surface area contributed by atoms with Crippen LogP contribution in [0.3, 0.4) is 0 Å². The second-order valence-electron chi connectivity index (χ2n) is 20.3. The molecule has 0 amide bonds. The summed E-state index contributed by atoms with van der Waals surface area (Å²) in [4.78, 5) is 5.14. The Labute approximate surface area is 377 Å². The van der Waals surface area contributed by atoms with E-state index in [1.165, 1.54) is 86.8 Å². The van der Waals surface area contributed by atoms with Crippen LogP contribution in [0.5, 0.6) is 0 Å². The molecule has 3 atom stereocenters. The van der Waals surface area contributed by atoms with Crippen molar-refractivity contribution in [2.45, 2.75) is 138 Å². The third-order valence-electron chi connectivity index (χ3n) is 14.0. The van der Waals surface area contributed by atoms with Gasteiger partial charge in [-0.3, -0.25) is 0 Å². The number of hydrogen-bond donors (Lipinski definition) is 0. The summed E-state index contributed by atoms with van der Waals surface area (Å²) in [5.41, 5.74) is 9.99. The van der Waals surface area contributed by atoms with Crippen LogP contribution in [-0.2, 0) is 10.8 Å². The second kappa shape index (κ2) is 18.0. The minimum Gasteiger partial charge on any atom is -0.340 e. The smallest absolute Gasteiger partial charge is 0.210 e. The monoisotopic (exact) mass is 846 g/mol. The van der Waals surface area contributed by atoms with E-state index in [-0.39, 0.29) is 22.3 Å². The first kappa shape index (κ1) is 45.0. The van der Waals surface area contributed by atoms with Gasteiger partial charge in [0.1, 0.15) is 0 Å². The van der Waals surface area contributed by atoms with E-state index in [4.69, 9.17) is 0 Å². The fourth-order valence-corrected chi connectivity index (χ4v) is 12.0. The van der Waals surface area contributed by atoms with Crippen molar-refractivity contribution in [2.75, 3.05) is 4.90 Å². The summed E-state index contributed by atoms with van der Waals surface area (Å²) in [5.74, 6) is 0.865. The molecule has 1 radical (unpaired) electrons. The van der Waals surface area contributed by atoms with Crippen molar-refractivity contribution in [3.63, 3.8) is 0 Å². The summed E-state index contributed by atoms with van der Waals surface area (Å²) in [6, 6.07) is 14.1. The third kappa shape index (κ3) is 9.07. The normalized spacial score (nSPS) is 22.0. The molecule has 2 aromatic heterocycles. The summed E-state index contributed by atoms with van der Waals surface area (Å²) in [6.07, 6.45) is 31.0. The third-order valence-corrected chi connectivity index (χ3v) is 16.2. The lowest BCUT2D eigenvalue weighted by molar-refractivity contribution is 0.295. The van der Waals surface area contributed by atoms with E-state index < -0.39 is 0 Å². The van der Waals surface area contributed by atoms with E-state index in [2.05, 4.69) is 198 Å². The van der Waals surface area contributed by atoms with Crippen LogP contribution < -0.4 is 19.4 Å². The first-order valence-corrected chi connectivity index (χ1v) is 24.6. The number of nitrogens with zero attached hydrogens (tertiary/aromatic N) is 2. The average molecular weight is 846 g/mol. The van der Waals surface area contributed by atoms with Gasteiger partial charge in [-0.2, -0.15) is 0 Å². The van der Waals surface area contributed by atoms with E-state index in [0.717, 1.165) is 32.1 Å². The molecule has 0 saturated heterocycles. The second-order valence-corrected chi connectivity index (χ2v) is 22.4. The summed E-state index contributed by atoms with van der Waals surface area (Å²) >= 11 is 3.84. The van der Waals surface area contributed by atoms with Crippen LogP contribution in [0, 0.1) is 17.3 Å². The van der Waals surface area contributed by atoms with Gasteiger partial charge in [0.2, 0.25) is 7.28 Å². The molecule has 2 nitrogen and oxygen atoms in total. The van der Waals surface area contributed by atoms with Gasteiger partial charge in [0.05, 0.1) is 16.3 Å². The van der Waals surface area contributed by atoms with Gasteiger partial charge in [0, 0.05) is 49.2 Å². The molecule has 3 heterocycles. The molecular weight excluding hydrogens is 776 g/mol. The maximum Gasteiger partial charge on any atom is 0.210 e. The van der Waals surface area contributed by atoms with Crippen molar-refractivity contribution in [1.82, 2.24) is 4.90 Å². The zero-order chi connectivity index (χ0) is 43.9. The topological polar surface area (TPSA) is 6.48 Å². The highest BCUT2D eigenvalue weighted by Crippen LogP contribution is 2.49. The molecule has 0 N–H and O–H groups in total. The Balaban J connectivity index is 1.56. The minimum atomic E-state index is 0.110. The van der Waals surface area contributed by atoms with Gasteiger partial charge in [0.25, 0.3) is 0 Å². The highest BCUT2D eigenvalue weighted by Gasteiger charge is 2.38. The lowest BCUT2D eigenvalue weighted by Crippen LogP contribution is -2.37. The number of hydrogen-bond acceptors (Lipinski definition) is 4. The van der Waals surface area contributed by atoms with Crippen LogP contribution in [0.2, 0.25) is 0 Å². The molecule has 4 aromatic rings. The summed E-state index contributed by atoms with van der Waals surface area (Å²) in [7, 11) is 2.55. The Kier molecular flexibility index (Phi) is 13.3. The molecule has 2 aliphatic carbocycles. The fourth-order valence-electron chi connectivity index (χ4n) is 9.70. The van der Waals surface area contributed by atoms with Crippen molar-refractivity contribution >= 4 is 72.9 Å². The van der Waals surface area contributed by atoms with Crippen LogP contribution in [-0.4, -0.2) is 18.2 Å². The lowest BCUT2D eigenvalue weighted by Gasteiger charge is -2.42. The average Bonchev–Trinajstić information content (AvgIpc) is 3.76. The maximum absolute atomic E-state index is 4.28. The van der Waals surface area contributed by atoms with Gasteiger partial charge >= 0.3 is 0 Å². The van der Waals surface area contributed by atoms with E-state index in [1.807, 2.05) is 28.7 Å². The highest BCUT2D eigenvalue weighted by atomic mass is 32.1. The summed E-state index contributed by atoms with van der Waals surface area (Å²) in [6.45, 7) is 34.7. The van der Waals surface area contributed by atoms with Gasteiger partial charge in [-0.05, 0) is 120 Å². The number of benzene rings is 2. The number of allylic oxidation sites excluding steroid dienone is 8. The van der Waals surface area contributed by atoms with Gasteiger partial charge in [0.15, 0.2) is 0 Å². The molecule has 3 unspecified atom stereocenters. The van der Waals surface area contributed by atoms with Crippen LogP contribution in [0.1, 0.15) is 132 Å². The molecule has 7 rings (SSSR count). The lowest BCUT2D eigenvalue weighted by atomic mass is 9.62. The molecule has 3 aliphatic rings. The van der Waals surface area contributed by atoms with Crippen molar-refractivity contribution < 1.29 is 0 Å². The van der Waals surface area contributed by atoms with Gasteiger partial charge in [-0.15, -0.1) is 29.3 Å². The van der Waals surface area contributed by atoms with Crippen molar-refractivity contribution in [3.8, 4) is 0 Å². The Morgan fingerprint density at radius 2 is 1.70 bits per heavy atom. The molecule has 2 bridgehead atoms. The maximum atomic E-state index is 4.28. The van der Waals surface area contributed by atoms with Crippen molar-refractivity contribution in [2.24, 2.45) is 17.3 Å². The molecule has 0 saturated carbocycles. The molecule has 1 aliphatic heterocycles. The molecule has 5 heteroatoms. The molecule has 61 heavy (non-hydrogen) atoms. The Morgan fingerprint density at radius 3 is 2.38 bits per heavy atom. The standard InChI is InChI=1S/C56H70BN2S2/c1-14-22-39(37(5)16-3)32-48-38(6)59(36-51-43(23-15-2)44-27-18-19-28-49(44)60-51)42-26-20-25-41(33-42)58(31-21-24-40(17-4)54(7,8)9)52-45-34-46-47(35-50(45)61-53(52)57-48)56(12,13)30-29-55(46,10)11/h15,17-21,23,26-28,31-37,40-41H,2,4,14,16,22,24-25,29-30H2,1,3,5-13H3/b31-21+,39-32+,43-23-,48-38-,51-36-. The number of rotatable bonds is 11. The van der Waals surface area contributed by atoms with E-state index in [1.54, 1.807) is 0 Å². The zero-order valence-electron chi connectivity index (χ0n) is 39.1. The summed E-state index contributed by atoms with van der Waals surface area (Å²) in [5, 5.41) is 3.88. The SMILES string of the molecule is C=C/C=c1\c(=C\N2C3=CC(CC=C3)N(/C=C/CC(C=C)C(C)(C)C)c3c(sc4cc5c(cc34)C(C)(C)CCC5(C)C)[B]C(/C=C(\CCC)C(C)CC)=C\2C)sc2ccccc12. The first-order valence-electron chi connectivity index (χ1n) is 23.0. The first-order chi connectivity index (χ1) is 29.0. The Morgan fingerprint density at radius 1 is 0.984 bits per heavy atom. The van der Waals surface area contributed by atoms with Crippen molar-refractivity contribution in [1.29, 1.82) is 0 Å². The van der Waals surface area contributed by atoms with E-state index in [9.17, 15) is 0 Å². The van der Waals surface area contributed by atoms with Crippen LogP contribution in [0.4, 0.5) is 5.69 Å². The fraction of sp³-hybridized carbons (Fsp3) is 0.429. The van der Waals surface area contributed by atoms with Crippen LogP contribution in [0.15, 0.2) is 121 Å². The number of fused-ring (bicyclic) bond motifs is 6. The van der Waals surface area contributed by atoms with Crippen molar-refractivity contribution in [3.05, 3.63) is 142 Å². The number of anilines is 1. The van der Waals surface area contributed by atoms with Gasteiger partial charge in [-0.25, -0.2) is 0 Å². The summed E-state index contributed by atoms with van der Waals surface area (Å²) < 4.78 is 5.24. The van der Waals surface area contributed by atoms with E-state index in [0.29, 0.717) is 11.8 Å². The molecule has 0 fully saturated rings. The quantitative estimate of drug-likeness (QED) is 0.110. The van der Waals surface area contributed by atoms with Crippen LogP contribution >= 0.6 is 22.7 Å². The zero-order valence-corrected chi connectivity index (χ0v) is 40.8. The number of thiophene rings is 2. The molecular formula is C56H70BN2S2. The Bertz CT molecular complexity index is 2590. The van der Waals surface area contributed by atoms with Crippen LogP contribution in [0.25, 0.3) is 32.4 Å². The largest absolute Gasteiger partial charge is 0.340 e. The van der Waals surface area contributed by atoms with Gasteiger partial charge in [-0.1, -0.05) is 148 Å². The van der Waals surface area contributed by atoms with E-state index >= 15 is 0 Å². The predicted molar refractivity (Wildman–Crippen MR) is 275 cm³/mol. The molecule has 0 spiro atoms. The Hall–Kier alpha value is -4.06. The predicted octanol–water partition coefficient (Wildman–Crippen LogP) is 14.3. The minimum absolute atomic E-state index is 0.110. The molecule has 2 aromatic carbocycles.